The summed E-state index contributed by atoms with van der Waals surface area (Å²) in [4.78, 5) is 12.2. The molecule has 4 rings (SSSR count). The van der Waals surface area contributed by atoms with Crippen LogP contribution in [0.4, 0.5) is 0 Å². The summed E-state index contributed by atoms with van der Waals surface area (Å²) in [5, 5.41) is 10.4. The molecular formula is C18H22N4O4S. The third-order valence-electron chi connectivity index (χ3n) is 5.01. The third-order valence-corrected chi connectivity index (χ3v) is 6.93. The molecule has 0 atom stereocenters. The molecule has 1 aromatic heterocycles. The van der Waals surface area contributed by atoms with Crippen LogP contribution in [0.5, 0.6) is 0 Å². The largest absolute Gasteiger partial charge is 0.412 e. The van der Waals surface area contributed by atoms with Crippen LogP contribution in [0.3, 0.4) is 0 Å². The summed E-state index contributed by atoms with van der Waals surface area (Å²) < 4.78 is 32.5. The number of rotatable bonds is 5. The van der Waals surface area contributed by atoms with Gasteiger partial charge in [0.15, 0.2) is 0 Å². The summed E-state index contributed by atoms with van der Waals surface area (Å²) in [5.74, 6) is 0.278. The fourth-order valence-corrected chi connectivity index (χ4v) is 4.52. The Hall–Kier alpha value is -2.26. The zero-order valence-corrected chi connectivity index (χ0v) is 15.9. The Balaban J connectivity index is 1.48. The lowest BCUT2D eigenvalue weighted by Crippen LogP contribution is -2.37. The van der Waals surface area contributed by atoms with Crippen molar-refractivity contribution in [2.24, 2.45) is 5.92 Å². The zero-order valence-electron chi connectivity index (χ0n) is 15.1. The van der Waals surface area contributed by atoms with Gasteiger partial charge in [-0.2, -0.15) is 4.31 Å². The van der Waals surface area contributed by atoms with E-state index >= 15 is 0 Å². The molecule has 8 nitrogen and oxygen atoms in total. The van der Waals surface area contributed by atoms with E-state index in [4.69, 9.17) is 4.42 Å². The monoisotopic (exact) mass is 390 g/mol. The van der Waals surface area contributed by atoms with Gasteiger partial charge in [-0.05, 0) is 55.9 Å². The second-order valence-corrected chi connectivity index (χ2v) is 9.21. The van der Waals surface area contributed by atoms with Crippen molar-refractivity contribution in [3.63, 3.8) is 0 Å². The molecule has 0 unspecified atom stereocenters. The lowest BCUT2D eigenvalue weighted by atomic mass is 10.0. The van der Waals surface area contributed by atoms with E-state index in [1.807, 2.05) is 0 Å². The Kier molecular flexibility index (Phi) is 4.73. The van der Waals surface area contributed by atoms with Crippen molar-refractivity contribution in [3.05, 3.63) is 30.2 Å². The lowest BCUT2D eigenvalue weighted by molar-refractivity contribution is 0.0917. The van der Waals surface area contributed by atoms with Gasteiger partial charge in [-0.3, -0.25) is 4.79 Å². The van der Waals surface area contributed by atoms with Crippen LogP contribution in [0.2, 0.25) is 0 Å². The molecule has 9 heteroatoms. The third kappa shape index (κ3) is 3.89. The molecule has 0 radical (unpaired) electrons. The molecule has 1 aromatic carbocycles. The lowest BCUT2D eigenvalue weighted by Gasteiger charge is -2.29. The molecule has 0 bridgehead atoms. The predicted octanol–water partition coefficient (Wildman–Crippen LogP) is 2.05. The highest BCUT2D eigenvalue weighted by Crippen LogP contribution is 2.26. The number of piperidine rings is 1. The van der Waals surface area contributed by atoms with Gasteiger partial charge in [0.2, 0.25) is 15.9 Å². The van der Waals surface area contributed by atoms with Crippen molar-refractivity contribution in [2.75, 3.05) is 13.1 Å². The van der Waals surface area contributed by atoms with E-state index in [1.165, 1.54) is 16.4 Å². The highest BCUT2D eigenvalue weighted by Gasteiger charge is 2.29. The highest BCUT2D eigenvalue weighted by atomic mass is 32.2. The Bertz CT molecular complexity index is 927. The van der Waals surface area contributed by atoms with Gasteiger partial charge in [0.25, 0.3) is 0 Å². The van der Waals surface area contributed by atoms with Crippen LogP contribution >= 0.6 is 0 Å². The first-order valence-corrected chi connectivity index (χ1v) is 10.6. The summed E-state index contributed by atoms with van der Waals surface area (Å²) in [6, 6.07) is 6.52. The number of hydrogen-bond acceptors (Lipinski definition) is 6. The molecule has 2 aliphatic rings. The SMILES string of the molecule is CC1CCN(S(=O)(=O)c2ccc(-c3nnc(C(=O)NC4CC4)o3)cc2)CC1. The van der Waals surface area contributed by atoms with Crippen LogP contribution in [-0.2, 0) is 10.0 Å². The molecule has 2 heterocycles. The molecule has 2 aromatic rings. The van der Waals surface area contributed by atoms with Gasteiger partial charge in [0.1, 0.15) is 0 Å². The first-order chi connectivity index (χ1) is 12.9. The molecule has 2 fully saturated rings. The van der Waals surface area contributed by atoms with Crippen LogP contribution in [0.1, 0.15) is 43.3 Å². The number of hydrogen-bond donors (Lipinski definition) is 1. The Labute approximate surface area is 158 Å². The van der Waals surface area contributed by atoms with Gasteiger partial charge in [0.05, 0.1) is 4.90 Å². The maximum Gasteiger partial charge on any atom is 0.309 e. The van der Waals surface area contributed by atoms with Crippen LogP contribution in [-0.4, -0.2) is 48.0 Å². The topological polar surface area (TPSA) is 105 Å². The van der Waals surface area contributed by atoms with Crippen molar-refractivity contribution in [1.82, 2.24) is 19.8 Å². The fourth-order valence-electron chi connectivity index (χ4n) is 3.05. The zero-order chi connectivity index (χ0) is 19.0. The Morgan fingerprint density at radius 3 is 2.41 bits per heavy atom. The van der Waals surface area contributed by atoms with Crippen molar-refractivity contribution < 1.29 is 17.6 Å². The van der Waals surface area contributed by atoms with Crippen molar-refractivity contribution >= 4 is 15.9 Å². The number of benzene rings is 1. The van der Waals surface area contributed by atoms with Gasteiger partial charge >= 0.3 is 11.8 Å². The molecule has 1 aliphatic heterocycles. The summed E-state index contributed by atoms with van der Waals surface area (Å²) in [6.45, 7) is 3.24. The van der Waals surface area contributed by atoms with E-state index in [2.05, 4.69) is 22.4 Å². The standard InChI is InChI=1S/C18H22N4O4S/c1-12-8-10-22(11-9-12)27(24,25)15-6-2-13(3-7-15)17-20-21-18(26-17)16(23)19-14-4-5-14/h2-3,6-7,12,14H,4-5,8-11H2,1H3,(H,19,23). The molecule has 27 heavy (non-hydrogen) atoms. The van der Waals surface area contributed by atoms with Gasteiger partial charge in [-0.25, -0.2) is 8.42 Å². The van der Waals surface area contributed by atoms with E-state index in [0.717, 1.165) is 25.7 Å². The Morgan fingerprint density at radius 1 is 1.11 bits per heavy atom. The molecule has 144 valence electrons. The first-order valence-electron chi connectivity index (χ1n) is 9.18. The van der Waals surface area contributed by atoms with Crippen LogP contribution in [0, 0.1) is 5.92 Å². The average molecular weight is 390 g/mol. The van der Waals surface area contributed by atoms with Gasteiger partial charge in [-0.15, -0.1) is 10.2 Å². The second kappa shape index (κ2) is 7.05. The van der Waals surface area contributed by atoms with E-state index in [0.29, 0.717) is 24.6 Å². The summed E-state index contributed by atoms with van der Waals surface area (Å²) in [7, 11) is -3.50. The van der Waals surface area contributed by atoms with Gasteiger partial charge in [0, 0.05) is 24.7 Å². The van der Waals surface area contributed by atoms with E-state index in [1.54, 1.807) is 12.1 Å². The molecule has 1 saturated heterocycles. The number of carbonyl (C=O) groups is 1. The van der Waals surface area contributed by atoms with Gasteiger partial charge in [-0.1, -0.05) is 6.92 Å². The van der Waals surface area contributed by atoms with Crippen LogP contribution < -0.4 is 5.32 Å². The fraction of sp³-hybridized carbons (Fsp3) is 0.500. The maximum absolute atomic E-state index is 12.8. The molecule has 1 amide bonds. The van der Waals surface area contributed by atoms with E-state index < -0.39 is 10.0 Å². The first kappa shape index (κ1) is 18.1. The number of amides is 1. The number of nitrogens with zero attached hydrogens (tertiary/aromatic N) is 3. The molecule has 1 aliphatic carbocycles. The van der Waals surface area contributed by atoms with Crippen LogP contribution in [0.15, 0.2) is 33.6 Å². The minimum Gasteiger partial charge on any atom is -0.412 e. The summed E-state index contributed by atoms with van der Waals surface area (Å²) in [6.07, 6.45) is 3.70. The quantitative estimate of drug-likeness (QED) is 0.838. The smallest absolute Gasteiger partial charge is 0.309 e. The van der Waals surface area contributed by atoms with Crippen molar-refractivity contribution in [3.8, 4) is 11.5 Å². The number of sulfonamides is 1. The minimum absolute atomic E-state index is 0.0870. The maximum atomic E-state index is 12.8. The normalized spacial score (nSPS) is 19.1. The average Bonchev–Trinajstić information content (AvgIpc) is 3.33. The summed E-state index contributed by atoms with van der Waals surface area (Å²) >= 11 is 0. The molecule has 0 spiro atoms. The molecular weight excluding hydrogens is 368 g/mol. The van der Waals surface area contributed by atoms with Crippen molar-refractivity contribution in [2.45, 2.75) is 43.5 Å². The Morgan fingerprint density at radius 2 is 1.78 bits per heavy atom. The number of nitrogens with one attached hydrogen (secondary N) is 1. The predicted molar refractivity (Wildman–Crippen MR) is 97.4 cm³/mol. The van der Waals surface area contributed by atoms with Crippen molar-refractivity contribution in [1.29, 1.82) is 0 Å². The van der Waals surface area contributed by atoms with E-state index in [9.17, 15) is 13.2 Å². The second-order valence-electron chi connectivity index (χ2n) is 7.27. The van der Waals surface area contributed by atoms with E-state index in [-0.39, 0.29) is 28.6 Å². The van der Waals surface area contributed by atoms with Gasteiger partial charge < -0.3 is 9.73 Å². The molecule has 1 N–H and O–H groups in total. The minimum atomic E-state index is -3.50. The van der Waals surface area contributed by atoms with Crippen LogP contribution in [0.25, 0.3) is 11.5 Å². The summed E-state index contributed by atoms with van der Waals surface area (Å²) in [5.41, 5.74) is 0.569. The number of aromatic nitrogens is 2. The highest BCUT2D eigenvalue weighted by molar-refractivity contribution is 7.89. The molecule has 1 saturated carbocycles. The number of carbonyl (C=O) groups excluding carboxylic acids is 1.